The lowest BCUT2D eigenvalue weighted by atomic mass is 10.3. The molecule has 0 aromatic heterocycles. The molecule has 0 saturated heterocycles. The highest BCUT2D eigenvalue weighted by molar-refractivity contribution is 6.35. The molecule has 0 bridgehead atoms. The van der Waals surface area contributed by atoms with E-state index in [1.165, 1.54) is 0 Å². The van der Waals surface area contributed by atoms with Crippen LogP contribution < -0.4 is 6.15 Å². The molecule has 0 rings (SSSR count). The zero-order valence-corrected chi connectivity index (χ0v) is 5.03. The normalized spacial score (nSPS) is 7.60. The van der Waals surface area contributed by atoms with Gasteiger partial charge in [0.1, 0.15) is 6.42 Å². The Bertz CT molecular complexity index is 163. The van der Waals surface area contributed by atoms with E-state index in [9.17, 15) is 14.4 Å². The molecule has 0 radical (unpaired) electrons. The largest absolute Gasteiger partial charge is 0.481 e. The van der Waals surface area contributed by atoms with Crippen molar-refractivity contribution in [2.45, 2.75) is 6.42 Å². The molecule has 0 saturated carbocycles. The van der Waals surface area contributed by atoms with Crippen molar-refractivity contribution in [3.63, 3.8) is 0 Å². The molecule has 0 aliphatic carbocycles. The van der Waals surface area contributed by atoms with Crippen LogP contribution in [0, 0.1) is 0 Å². The van der Waals surface area contributed by atoms with Gasteiger partial charge in [-0.15, -0.1) is 0 Å². The fraction of sp³-hybridized carbons (Fsp3) is 0.250. The summed E-state index contributed by atoms with van der Waals surface area (Å²) in [5.74, 6) is -4.44. The predicted molar refractivity (Wildman–Crippen MR) is 29.9 cm³/mol. The summed E-state index contributed by atoms with van der Waals surface area (Å²) < 4.78 is 0. The number of hydrogen-bond donors (Lipinski definition) is 3. The van der Waals surface area contributed by atoms with Gasteiger partial charge in [0, 0.05) is 0 Å². The van der Waals surface area contributed by atoms with Crippen molar-refractivity contribution in [1.29, 1.82) is 0 Å². The van der Waals surface area contributed by atoms with Crippen LogP contribution in [0.1, 0.15) is 6.42 Å². The molecule has 0 atom stereocenters. The van der Waals surface area contributed by atoms with Crippen molar-refractivity contribution in [2.24, 2.45) is 0 Å². The lowest BCUT2D eigenvalue weighted by molar-refractivity contribution is -0.152. The van der Waals surface area contributed by atoms with Crippen LogP contribution in [0.25, 0.3) is 0 Å². The Balaban J connectivity index is 0. The average molecular weight is 149 g/mol. The molecule has 5 N–H and O–H groups in total. The second-order valence-electron chi connectivity index (χ2n) is 1.30. The number of carboxylic acid groups (broad SMARTS) is 2. The van der Waals surface area contributed by atoms with Gasteiger partial charge in [-0.2, -0.15) is 0 Å². The Morgan fingerprint density at radius 3 is 1.60 bits per heavy atom. The SMILES string of the molecule is N.O=C(O)CC(=O)C(=O)O. The number of carbonyl (C=O) groups is 3. The van der Waals surface area contributed by atoms with Gasteiger partial charge in [0.25, 0.3) is 5.78 Å². The van der Waals surface area contributed by atoms with Crippen molar-refractivity contribution in [3.05, 3.63) is 0 Å². The van der Waals surface area contributed by atoms with Crippen LogP contribution in [-0.4, -0.2) is 27.9 Å². The Labute approximate surface area is 56.0 Å². The van der Waals surface area contributed by atoms with Crippen molar-refractivity contribution < 1.29 is 24.6 Å². The lowest BCUT2D eigenvalue weighted by Crippen LogP contribution is -2.16. The zero-order chi connectivity index (χ0) is 7.44. The van der Waals surface area contributed by atoms with Crippen molar-refractivity contribution in [1.82, 2.24) is 6.15 Å². The van der Waals surface area contributed by atoms with Gasteiger partial charge in [-0.05, 0) is 0 Å². The molecule has 0 heterocycles. The molecule has 6 heteroatoms. The number of carboxylic acids is 2. The molecule has 0 amide bonds. The van der Waals surface area contributed by atoms with Gasteiger partial charge in [-0.1, -0.05) is 0 Å². The van der Waals surface area contributed by atoms with Gasteiger partial charge in [0.05, 0.1) is 0 Å². The fourth-order valence-electron chi connectivity index (χ4n) is 0.213. The Morgan fingerprint density at radius 2 is 1.50 bits per heavy atom. The van der Waals surface area contributed by atoms with E-state index in [0.29, 0.717) is 0 Å². The molecule has 0 aromatic rings. The second-order valence-corrected chi connectivity index (χ2v) is 1.30. The summed E-state index contributed by atoms with van der Waals surface area (Å²) in [5.41, 5.74) is 0. The van der Waals surface area contributed by atoms with Crippen LogP contribution in [0.2, 0.25) is 0 Å². The average Bonchev–Trinajstić information content (AvgIpc) is 1.63. The van der Waals surface area contributed by atoms with Gasteiger partial charge in [0.15, 0.2) is 0 Å². The Hall–Kier alpha value is -1.43. The molecular weight excluding hydrogens is 142 g/mol. The Morgan fingerprint density at radius 1 is 1.10 bits per heavy atom. The quantitative estimate of drug-likeness (QED) is 0.359. The second kappa shape index (κ2) is 4.45. The van der Waals surface area contributed by atoms with E-state index in [-0.39, 0.29) is 6.15 Å². The standard InChI is InChI=1S/C4H4O5.H3N/c5-2(4(8)9)1-3(6)7;/h1H2,(H,6,7)(H,8,9);1H3. The molecule has 10 heavy (non-hydrogen) atoms. The highest BCUT2D eigenvalue weighted by atomic mass is 16.4. The molecular formula is C4H7NO5. The summed E-state index contributed by atoms with van der Waals surface area (Å²) in [6, 6.07) is 0. The highest BCUT2D eigenvalue weighted by Gasteiger charge is 2.14. The third-order valence-electron chi connectivity index (χ3n) is 0.550. The summed E-state index contributed by atoms with van der Waals surface area (Å²) in [6.07, 6.45) is -0.949. The third-order valence-corrected chi connectivity index (χ3v) is 0.550. The van der Waals surface area contributed by atoms with E-state index in [4.69, 9.17) is 10.2 Å². The molecule has 0 spiro atoms. The number of carbonyl (C=O) groups excluding carboxylic acids is 1. The third kappa shape index (κ3) is 4.72. The van der Waals surface area contributed by atoms with Gasteiger partial charge < -0.3 is 16.4 Å². The molecule has 58 valence electrons. The minimum Gasteiger partial charge on any atom is -0.481 e. The molecule has 0 aliphatic heterocycles. The van der Waals surface area contributed by atoms with Gasteiger partial charge >= 0.3 is 11.9 Å². The molecule has 6 nitrogen and oxygen atoms in total. The van der Waals surface area contributed by atoms with Crippen molar-refractivity contribution in [3.8, 4) is 0 Å². The molecule has 0 aliphatic rings. The first-order valence-corrected chi connectivity index (χ1v) is 2.02. The maximum Gasteiger partial charge on any atom is 0.372 e. The van der Waals surface area contributed by atoms with Crippen molar-refractivity contribution in [2.75, 3.05) is 0 Å². The molecule has 0 fully saturated rings. The van der Waals surface area contributed by atoms with Crippen LogP contribution in [-0.2, 0) is 14.4 Å². The zero-order valence-electron chi connectivity index (χ0n) is 5.03. The van der Waals surface area contributed by atoms with Crippen LogP contribution in [0.4, 0.5) is 0 Å². The number of hydrogen-bond acceptors (Lipinski definition) is 4. The summed E-state index contributed by atoms with van der Waals surface area (Å²) in [5, 5.41) is 15.7. The highest BCUT2D eigenvalue weighted by Crippen LogP contribution is 1.81. The fourth-order valence-corrected chi connectivity index (χ4v) is 0.213. The van der Waals surface area contributed by atoms with Crippen LogP contribution in [0.5, 0.6) is 0 Å². The first-order chi connectivity index (χ1) is 4.04. The van der Waals surface area contributed by atoms with Gasteiger partial charge in [-0.3, -0.25) is 9.59 Å². The van der Waals surface area contributed by atoms with Gasteiger partial charge in [-0.25, -0.2) is 4.79 Å². The lowest BCUT2D eigenvalue weighted by Gasteiger charge is -1.85. The van der Waals surface area contributed by atoms with Gasteiger partial charge in [0.2, 0.25) is 0 Å². The Kier molecular flexibility index (Phi) is 5.06. The molecule has 0 unspecified atom stereocenters. The minimum atomic E-state index is -1.71. The smallest absolute Gasteiger partial charge is 0.372 e. The first kappa shape index (κ1) is 11.4. The van der Waals surface area contributed by atoms with Crippen LogP contribution >= 0.6 is 0 Å². The topological polar surface area (TPSA) is 127 Å². The van der Waals surface area contributed by atoms with Crippen LogP contribution in [0.15, 0.2) is 0 Å². The summed E-state index contributed by atoms with van der Waals surface area (Å²) in [6.45, 7) is 0. The molecule has 0 aromatic carbocycles. The monoisotopic (exact) mass is 149 g/mol. The number of aliphatic carboxylic acids is 2. The van der Waals surface area contributed by atoms with E-state index >= 15 is 0 Å². The predicted octanol–water partition coefficient (Wildman–Crippen LogP) is -0.723. The summed E-state index contributed by atoms with van der Waals surface area (Å²) in [4.78, 5) is 29.2. The summed E-state index contributed by atoms with van der Waals surface area (Å²) in [7, 11) is 0. The van der Waals surface area contributed by atoms with E-state index in [2.05, 4.69) is 0 Å². The number of ketones is 1. The minimum absolute atomic E-state index is 0. The van der Waals surface area contributed by atoms with E-state index in [1.807, 2.05) is 0 Å². The maximum atomic E-state index is 9.97. The van der Waals surface area contributed by atoms with Crippen LogP contribution in [0.3, 0.4) is 0 Å². The van der Waals surface area contributed by atoms with E-state index in [1.54, 1.807) is 0 Å². The first-order valence-electron chi connectivity index (χ1n) is 2.02. The van der Waals surface area contributed by atoms with E-state index in [0.717, 1.165) is 0 Å². The number of rotatable bonds is 3. The summed E-state index contributed by atoms with van der Waals surface area (Å²) >= 11 is 0. The van der Waals surface area contributed by atoms with E-state index < -0.39 is 24.1 Å². The maximum absolute atomic E-state index is 9.97. The van der Waals surface area contributed by atoms with Crippen molar-refractivity contribution >= 4 is 17.7 Å². The number of Topliss-reactive ketones (excluding diaryl/α,β-unsaturated/α-hetero) is 1.